The number of urea groups is 1. The summed E-state index contributed by atoms with van der Waals surface area (Å²) >= 11 is 6.18. The van der Waals surface area contributed by atoms with E-state index < -0.39 is 0 Å². The molecule has 2 saturated heterocycles. The minimum absolute atomic E-state index is 0.141. The Labute approximate surface area is 160 Å². The first-order valence-electron chi connectivity index (χ1n) is 9.35. The molecule has 0 radical (unpaired) electrons. The third-order valence-electron chi connectivity index (χ3n) is 5.09. The van der Waals surface area contributed by atoms with Crippen LogP contribution in [0.3, 0.4) is 0 Å². The first kappa shape index (κ1) is 19.0. The predicted octanol–water partition coefficient (Wildman–Crippen LogP) is 2.81. The highest BCUT2D eigenvalue weighted by Gasteiger charge is 2.25. The van der Waals surface area contributed by atoms with E-state index in [0.29, 0.717) is 43.4 Å². The smallest absolute Gasteiger partial charge is 0.321 e. The maximum absolute atomic E-state index is 12.4. The van der Waals surface area contributed by atoms with Gasteiger partial charge in [-0.1, -0.05) is 17.7 Å². The molecule has 7 heteroatoms. The largest absolute Gasteiger partial charge is 0.342 e. The summed E-state index contributed by atoms with van der Waals surface area (Å²) in [5.41, 5.74) is 1.69. The fourth-order valence-corrected chi connectivity index (χ4v) is 3.74. The van der Waals surface area contributed by atoms with Crippen molar-refractivity contribution in [2.75, 3.05) is 51.1 Å². The van der Waals surface area contributed by atoms with Gasteiger partial charge in [0, 0.05) is 39.3 Å². The second-order valence-electron chi connectivity index (χ2n) is 7.12. The van der Waals surface area contributed by atoms with Gasteiger partial charge >= 0.3 is 6.03 Å². The summed E-state index contributed by atoms with van der Waals surface area (Å²) in [7, 11) is 0. The topological polar surface area (TPSA) is 55.9 Å². The van der Waals surface area contributed by atoms with E-state index in [9.17, 15) is 9.59 Å². The van der Waals surface area contributed by atoms with Crippen LogP contribution in [0.1, 0.15) is 24.8 Å². The second-order valence-corrected chi connectivity index (χ2v) is 7.53. The Hall–Kier alpha value is -1.79. The van der Waals surface area contributed by atoms with Crippen LogP contribution in [0, 0.1) is 6.92 Å². The molecule has 3 amide bonds. The molecule has 142 valence electrons. The summed E-state index contributed by atoms with van der Waals surface area (Å²) < 4.78 is 0. The summed E-state index contributed by atoms with van der Waals surface area (Å²) in [5.74, 6) is 0.217. The lowest BCUT2D eigenvalue weighted by Crippen LogP contribution is -2.52. The summed E-state index contributed by atoms with van der Waals surface area (Å²) in [4.78, 5) is 30.7. The average molecular weight is 379 g/mol. The second kappa shape index (κ2) is 8.73. The number of carbonyl (C=O) groups is 2. The Morgan fingerprint density at radius 2 is 1.69 bits per heavy atom. The van der Waals surface area contributed by atoms with Gasteiger partial charge < -0.3 is 15.1 Å². The van der Waals surface area contributed by atoms with Crippen LogP contribution < -0.4 is 5.32 Å². The molecule has 1 aromatic rings. The zero-order valence-corrected chi connectivity index (χ0v) is 16.1. The Bertz CT molecular complexity index is 653. The van der Waals surface area contributed by atoms with Gasteiger partial charge in [-0.2, -0.15) is 0 Å². The van der Waals surface area contributed by atoms with E-state index in [4.69, 9.17) is 11.6 Å². The minimum atomic E-state index is -0.141. The van der Waals surface area contributed by atoms with E-state index >= 15 is 0 Å². The standard InChI is InChI=1S/C19H27ClN4O2/c1-15-5-6-17(16(20)13-15)21-19(26)24-11-9-22(10-12-24)14-18(25)23-7-3-2-4-8-23/h5-6,13H,2-4,7-12,14H2,1H3,(H,21,26). The lowest BCUT2D eigenvalue weighted by atomic mass is 10.1. The summed E-state index contributed by atoms with van der Waals surface area (Å²) in [6.07, 6.45) is 3.45. The number of benzene rings is 1. The van der Waals surface area contributed by atoms with Crippen LogP contribution in [-0.4, -0.2) is 72.5 Å². The number of amides is 3. The molecule has 6 nitrogen and oxygen atoms in total. The van der Waals surface area contributed by atoms with Crippen molar-refractivity contribution in [2.24, 2.45) is 0 Å². The molecule has 3 rings (SSSR count). The molecule has 26 heavy (non-hydrogen) atoms. The molecule has 0 unspecified atom stereocenters. The molecule has 0 bridgehead atoms. The van der Waals surface area contributed by atoms with Gasteiger partial charge in [0.15, 0.2) is 0 Å². The third-order valence-corrected chi connectivity index (χ3v) is 5.41. The van der Waals surface area contributed by atoms with Crippen LogP contribution in [0.5, 0.6) is 0 Å². The van der Waals surface area contributed by atoms with Gasteiger partial charge in [-0.25, -0.2) is 4.79 Å². The average Bonchev–Trinajstić information content (AvgIpc) is 2.65. The fourth-order valence-electron chi connectivity index (χ4n) is 3.46. The third kappa shape index (κ3) is 4.89. The quantitative estimate of drug-likeness (QED) is 0.879. The van der Waals surface area contributed by atoms with Crippen molar-refractivity contribution in [3.05, 3.63) is 28.8 Å². The Kier molecular flexibility index (Phi) is 6.38. The maximum atomic E-state index is 12.4. The van der Waals surface area contributed by atoms with E-state index in [1.807, 2.05) is 30.0 Å². The van der Waals surface area contributed by atoms with Gasteiger partial charge in [-0.05, 0) is 43.9 Å². The van der Waals surface area contributed by atoms with Gasteiger partial charge in [0.1, 0.15) is 0 Å². The molecule has 2 heterocycles. The monoisotopic (exact) mass is 378 g/mol. The molecule has 2 aliphatic heterocycles. The normalized spacial score (nSPS) is 18.7. The molecule has 0 spiro atoms. The van der Waals surface area contributed by atoms with Crippen LogP contribution in [0.15, 0.2) is 18.2 Å². The number of nitrogens with one attached hydrogen (secondary N) is 1. The number of piperidine rings is 1. The molecule has 0 aromatic heterocycles. The maximum Gasteiger partial charge on any atom is 0.321 e. The highest BCUT2D eigenvalue weighted by atomic mass is 35.5. The number of nitrogens with zero attached hydrogens (tertiary/aromatic N) is 3. The van der Waals surface area contributed by atoms with Gasteiger partial charge in [0.05, 0.1) is 17.3 Å². The van der Waals surface area contributed by atoms with Crippen molar-refractivity contribution in [3.8, 4) is 0 Å². The summed E-state index contributed by atoms with van der Waals surface area (Å²) in [6, 6.07) is 5.44. The molecule has 0 atom stereocenters. The SMILES string of the molecule is Cc1ccc(NC(=O)N2CCN(CC(=O)N3CCCCC3)CC2)c(Cl)c1. The Balaban J connectivity index is 1.45. The number of halogens is 1. The predicted molar refractivity (Wildman–Crippen MR) is 104 cm³/mol. The molecule has 2 aliphatic rings. The summed E-state index contributed by atoms with van der Waals surface area (Å²) in [6.45, 7) is 6.85. The molecular weight excluding hydrogens is 352 g/mol. The van der Waals surface area contributed by atoms with Crippen molar-refractivity contribution in [3.63, 3.8) is 0 Å². The van der Waals surface area contributed by atoms with Gasteiger partial charge in [-0.15, -0.1) is 0 Å². The van der Waals surface area contributed by atoms with E-state index in [-0.39, 0.29) is 11.9 Å². The molecule has 1 aromatic carbocycles. The van der Waals surface area contributed by atoms with E-state index in [1.165, 1.54) is 6.42 Å². The summed E-state index contributed by atoms with van der Waals surface area (Å²) in [5, 5.41) is 3.42. The van der Waals surface area contributed by atoms with Gasteiger partial charge in [0.2, 0.25) is 5.91 Å². The first-order valence-corrected chi connectivity index (χ1v) is 9.73. The van der Waals surface area contributed by atoms with Crippen molar-refractivity contribution >= 4 is 29.2 Å². The van der Waals surface area contributed by atoms with Crippen molar-refractivity contribution in [2.45, 2.75) is 26.2 Å². The highest BCUT2D eigenvalue weighted by Crippen LogP contribution is 2.23. The number of piperazine rings is 1. The van der Waals surface area contributed by atoms with E-state index in [1.54, 1.807) is 4.90 Å². The van der Waals surface area contributed by atoms with Crippen LogP contribution >= 0.6 is 11.6 Å². The van der Waals surface area contributed by atoms with Crippen LogP contribution in [-0.2, 0) is 4.79 Å². The highest BCUT2D eigenvalue weighted by molar-refractivity contribution is 6.33. The van der Waals surface area contributed by atoms with Crippen molar-refractivity contribution in [1.29, 1.82) is 0 Å². The van der Waals surface area contributed by atoms with Crippen molar-refractivity contribution < 1.29 is 9.59 Å². The van der Waals surface area contributed by atoms with E-state index in [2.05, 4.69) is 10.2 Å². The number of anilines is 1. The first-order chi connectivity index (χ1) is 12.5. The number of aryl methyl sites for hydroxylation is 1. The lowest BCUT2D eigenvalue weighted by molar-refractivity contribution is -0.133. The number of hydrogen-bond acceptors (Lipinski definition) is 3. The molecule has 0 aliphatic carbocycles. The van der Waals surface area contributed by atoms with Crippen LogP contribution in [0.25, 0.3) is 0 Å². The van der Waals surface area contributed by atoms with Crippen LogP contribution in [0.4, 0.5) is 10.5 Å². The zero-order valence-electron chi connectivity index (χ0n) is 15.3. The molecule has 2 fully saturated rings. The number of rotatable bonds is 3. The molecule has 1 N–H and O–H groups in total. The van der Waals surface area contributed by atoms with Crippen molar-refractivity contribution in [1.82, 2.24) is 14.7 Å². The van der Waals surface area contributed by atoms with E-state index in [0.717, 1.165) is 31.5 Å². The molecule has 0 saturated carbocycles. The molecular formula is C19H27ClN4O2. The van der Waals surface area contributed by atoms with Gasteiger partial charge in [0.25, 0.3) is 0 Å². The van der Waals surface area contributed by atoms with Gasteiger partial charge in [-0.3, -0.25) is 9.69 Å². The Morgan fingerprint density at radius 1 is 1.00 bits per heavy atom. The Morgan fingerprint density at radius 3 is 2.35 bits per heavy atom. The zero-order chi connectivity index (χ0) is 18.5. The number of carbonyl (C=O) groups excluding carboxylic acids is 2. The van der Waals surface area contributed by atoms with Crippen LogP contribution in [0.2, 0.25) is 5.02 Å². The lowest BCUT2D eigenvalue weighted by Gasteiger charge is -2.36. The fraction of sp³-hybridized carbons (Fsp3) is 0.579. The number of hydrogen-bond donors (Lipinski definition) is 1. The number of likely N-dealkylation sites (tertiary alicyclic amines) is 1. The minimum Gasteiger partial charge on any atom is -0.342 e.